The summed E-state index contributed by atoms with van der Waals surface area (Å²) in [5.41, 5.74) is 5.40. The molecular formula is C8H15N. The summed E-state index contributed by atoms with van der Waals surface area (Å²) < 4.78 is 0. The monoisotopic (exact) mass is 125 g/mol. The Morgan fingerprint density at radius 2 is 2.33 bits per heavy atom. The Labute approximate surface area is 56.9 Å². The molecule has 1 rings (SSSR count). The lowest BCUT2D eigenvalue weighted by atomic mass is 10.2. The van der Waals surface area contributed by atoms with Gasteiger partial charge in [0.25, 0.3) is 0 Å². The van der Waals surface area contributed by atoms with E-state index in [1.165, 1.54) is 19.3 Å². The molecule has 0 aromatic heterocycles. The van der Waals surface area contributed by atoms with Crippen LogP contribution in [-0.4, -0.2) is 6.54 Å². The normalized spacial score (nSPS) is 32.1. The Bertz CT molecular complexity index is 98.7. The van der Waals surface area contributed by atoms with Gasteiger partial charge >= 0.3 is 0 Å². The fraction of sp³-hybridized carbons (Fsp3) is 0.750. The first-order valence-electron chi connectivity index (χ1n) is 3.69. The molecule has 0 aliphatic heterocycles. The summed E-state index contributed by atoms with van der Waals surface area (Å²) in [7, 11) is 0. The molecule has 0 bridgehead atoms. The van der Waals surface area contributed by atoms with Gasteiger partial charge in [-0.1, -0.05) is 6.08 Å². The van der Waals surface area contributed by atoms with E-state index in [4.69, 9.17) is 5.73 Å². The van der Waals surface area contributed by atoms with Crippen molar-refractivity contribution in [3.63, 3.8) is 0 Å². The Balaban J connectivity index is 2.02. The third-order valence-corrected chi connectivity index (χ3v) is 2.08. The van der Waals surface area contributed by atoms with Gasteiger partial charge in [-0.15, -0.1) is 6.58 Å². The van der Waals surface area contributed by atoms with Crippen LogP contribution in [0.5, 0.6) is 0 Å². The molecular weight excluding hydrogens is 110 g/mol. The minimum Gasteiger partial charge on any atom is -0.330 e. The number of hydrogen-bond donors (Lipinski definition) is 1. The average molecular weight is 125 g/mol. The molecule has 1 saturated carbocycles. The molecule has 52 valence electrons. The van der Waals surface area contributed by atoms with Crippen molar-refractivity contribution in [1.82, 2.24) is 0 Å². The molecule has 0 amide bonds. The largest absolute Gasteiger partial charge is 0.330 e. The van der Waals surface area contributed by atoms with Crippen molar-refractivity contribution in [3.8, 4) is 0 Å². The first kappa shape index (κ1) is 6.81. The van der Waals surface area contributed by atoms with E-state index in [-0.39, 0.29) is 0 Å². The fourth-order valence-corrected chi connectivity index (χ4v) is 1.38. The van der Waals surface area contributed by atoms with Gasteiger partial charge in [0, 0.05) is 0 Å². The fourth-order valence-electron chi connectivity index (χ4n) is 1.38. The molecule has 0 saturated heterocycles. The van der Waals surface area contributed by atoms with Gasteiger partial charge in [-0.25, -0.2) is 0 Å². The number of nitrogens with two attached hydrogens (primary N) is 1. The molecule has 2 unspecified atom stereocenters. The second-order valence-electron chi connectivity index (χ2n) is 2.86. The van der Waals surface area contributed by atoms with Crippen molar-refractivity contribution in [1.29, 1.82) is 0 Å². The lowest BCUT2D eigenvalue weighted by Crippen LogP contribution is -1.99. The lowest BCUT2D eigenvalue weighted by molar-refractivity contribution is 0.658. The van der Waals surface area contributed by atoms with E-state index < -0.39 is 0 Å². The molecule has 0 spiro atoms. The first-order valence-corrected chi connectivity index (χ1v) is 3.69. The summed E-state index contributed by atoms with van der Waals surface area (Å²) >= 11 is 0. The van der Waals surface area contributed by atoms with E-state index in [9.17, 15) is 0 Å². The van der Waals surface area contributed by atoms with Crippen LogP contribution in [0.2, 0.25) is 0 Å². The zero-order valence-corrected chi connectivity index (χ0v) is 5.84. The summed E-state index contributed by atoms with van der Waals surface area (Å²) in [6.45, 7) is 4.56. The van der Waals surface area contributed by atoms with Crippen LogP contribution in [0.3, 0.4) is 0 Å². The minimum absolute atomic E-state index is 0.859. The van der Waals surface area contributed by atoms with Crippen LogP contribution in [0.15, 0.2) is 12.7 Å². The quantitative estimate of drug-likeness (QED) is 0.567. The molecule has 0 aromatic rings. The van der Waals surface area contributed by atoms with Gasteiger partial charge in [0.1, 0.15) is 0 Å². The van der Waals surface area contributed by atoms with E-state index in [1.807, 2.05) is 6.08 Å². The molecule has 0 radical (unpaired) electrons. The van der Waals surface area contributed by atoms with Gasteiger partial charge in [0.05, 0.1) is 0 Å². The molecule has 2 N–H and O–H groups in total. The predicted octanol–water partition coefficient (Wildman–Crippen LogP) is 1.55. The smallest absolute Gasteiger partial charge is 0.00745 e. The van der Waals surface area contributed by atoms with Gasteiger partial charge in [0.15, 0.2) is 0 Å². The molecule has 1 heteroatoms. The molecule has 1 aliphatic carbocycles. The third-order valence-electron chi connectivity index (χ3n) is 2.08. The zero-order valence-electron chi connectivity index (χ0n) is 5.84. The highest BCUT2D eigenvalue weighted by Crippen LogP contribution is 2.43. The minimum atomic E-state index is 0.859. The Kier molecular flexibility index (Phi) is 2.29. The number of hydrogen-bond acceptors (Lipinski definition) is 1. The van der Waals surface area contributed by atoms with Crippen LogP contribution in [0.4, 0.5) is 0 Å². The van der Waals surface area contributed by atoms with E-state index in [1.54, 1.807) is 0 Å². The van der Waals surface area contributed by atoms with Gasteiger partial charge in [-0.3, -0.25) is 0 Å². The van der Waals surface area contributed by atoms with Crippen LogP contribution in [0, 0.1) is 11.8 Å². The van der Waals surface area contributed by atoms with Crippen LogP contribution < -0.4 is 5.73 Å². The van der Waals surface area contributed by atoms with Gasteiger partial charge in [-0.05, 0) is 37.6 Å². The second-order valence-corrected chi connectivity index (χ2v) is 2.86. The Morgan fingerprint density at radius 1 is 1.56 bits per heavy atom. The van der Waals surface area contributed by atoms with E-state index in [0.717, 1.165) is 18.4 Å². The highest BCUT2D eigenvalue weighted by Gasteiger charge is 2.34. The van der Waals surface area contributed by atoms with Crippen molar-refractivity contribution >= 4 is 0 Å². The number of rotatable bonds is 4. The van der Waals surface area contributed by atoms with Gasteiger partial charge in [-0.2, -0.15) is 0 Å². The topological polar surface area (TPSA) is 26.0 Å². The molecule has 9 heavy (non-hydrogen) atoms. The van der Waals surface area contributed by atoms with E-state index in [0.29, 0.717) is 0 Å². The van der Waals surface area contributed by atoms with Crippen molar-refractivity contribution in [2.75, 3.05) is 6.54 Å². The van der Waals surface area contributed by atoms with Crippen molar-refractivity contribution in [2.24, 2.45) is 17.6 Å². The van der Waals surface area contributed by atoms with Crippen LogP contribution in [-0.2, 0) is 0 Å². The second kappa shape index (κ2) is 3.02. The molecule has 1 aliphatic rings. The van der Waals surface area contributed by atoms with Crippen molar-refractivity contribution < 1.29 is 0 Å². The van der Waals surface area contributed by atoms with Gasteiger partial charge < -0.3 is 5.73 Å². The average Bonchev–Trinajstić information content (AvgIpc) is 2.50. The lowest BCUT2D eigenvalue weighted by Gasteiger charge is -1.91. The molecule has 2 atom stereocenters. The summed E-state index contributed by atoms with van der Waals surface area (Å²) in [5.74, 6) is 1.87. The van der Waals surface area contributed by atoms with E-state index in [2.05, 4.69) is 6.58 Å². The molecule has 0 aromatic carbocycles. The van der Waals surface area contributed by atoms with Crippen molar-refractivity contribution in [3.05, 3.63) is 12.7 Å². The van der Waals surface area contributed by atoms with Crippen LogP contribution in [0.25, 0.3) is 0 Å². The standard InChI is InChI=1S/C8H15N/c1-2-3-7-6-8(7)4-5-9/h2,7-8H,1,3-6,9H2. The SMILES string of the molecule is C=CCC1CC1CCN. The van der Waals surface area contributed by atoms with Gasteiger partial charge in [0.2, 0.25) is 0 Å². The first-order chi connectivity index (χ1) is 4.38. The highest BCUT2D eigenvalue weighted by atomic mass is 14.5. The zero-order chi connectivity index (χ0) is 6.69. The maximum atomic E-state index is 5.40. The summed E-state index contributed by atoms with van der Waals surface area (Å²) in [5, 5.41) is 0. The Hall–Kier alpha value is -0.300. The van der Waals surface area contributed by atoms with E-state index >= 15 is 0 Å². The summed E-state index contributed by atoms with van der Waals surface area (Å²) in [6, 6.07) is 0. The predicted molar refractivity (Wildman–Crippen MR) is 40.1 cm³/mol. The third kappa shape index (κ3) is 1.83. The maximum Gasteiger partial charge on any atom is -0.00745 e. The maximum absolute atomic E-state index is 5.40. The molecule has 0 heterocycles. The Morgan fingerprint density at radius 3 is 2.89 bits per heavy atom. The van der Waals surface area contributed by atoms with Crippen LogP contribution >= 0.6 is 0 Å². The van der Waals surface area contributed by atoms with Crippen molar-refractivity contribution in [2.45, 2.75) is 19.3 Å². The number of allylic oxidation sites excluding steroid dienone is 1. The molecule has 1 nitrogen and oxygen atoms in total. The van der Waals surface area contributed by atoms with Crippen LogP contribution in [0.1, 0.15) is 19.3 Å². The summed E-state index contributed by atoms with van der Waals surface area (Å²) in [4.78, 5) is 0. The highest BCUT2D eigenvalue weighted by molar-refractivity contribution is 4.90. The molecule has 1 fully saturated rings. The summed E-state index contributed by atoms with van der Waals surface area (Å²) in [6.07, 6.45) is 5.83.